The van der Waals surface area contributed by atoms with Crippen molar-refractivity contribution in [1.29, 1.82) is 0 Å². The van der Waals surface area contributed by atoms with Gasteiger partial charge in [-0.05, 0) is 19.1 Å². The Labute approximate surface area is 70.8 Å². The van der Waals surface area contributed by atoms with E-state index in [4.69, 9.17) is 10.5 Å². The lowest BCUT2D eigenvalue weighted by Crippen LogP contribution is -2.06. The largest absolute Gasteiger partial charge is 0.492 e. The van der Waals surface area contributed by atoms with Crippen molar-refractivity contribution in [2.45, 2.75) is 6.92 Å². The molecule has 0 aromatic heterocycles. The van der Waals surface area contributed by atoms with Crippen LogP contribution in [0.5, 0.6) is 5.75 Å². The first-order valence-electron chi connectivity index (χ1n) is 3.77. The van der Waals surface area contributed by atoms with Gasteiger partial charge in [-0.1, -0.05) is 12.1 Å². The summed E-state index contributed by atoms with van der Waals surface area (Å²) < 4.78 is 5.15. The monoisotopic (exact) mass is 165 g/mol. The molecule has 0 saturated carbocycles. The van der Waals surface area contributed by atoms with Crippen LogP contribution >= 0.6 is 0 Å². The summed E-state index contributed by atoms with van der Waals surface area (Å²) in [5.74, 6) is 0.451. The second-order valence-electron chi connectivity index (χ2n) is 2.29. The van der Waals surface area contributed by atoms with Gasteiger partial charge in [-0.15, -0.1) is 0 Å². The van der Waals surface area contributed by atoms with Crippen molar-refractivity contribution < 1.29 is 4.74 Å². The molecule has 12 heavy (non-hydrogen) atoms. The average Bonchev–Trinajstić information content (AvgIpc) is 2.20. The maximum Gasteiger partial charge on any atom is 0.205 e. The van der Waals surface area contributed by atoms with E-state index in [0.29, 0.717) is 12.4 Å². The van der Waals surface area contributed by atoms with E-state index in [1.54, 1.807) is 18.2 Å². The summed E-state index contributed by atoms with van der Waals surface area (Å²) >= 11 is 0. The topological polar surface area (TPSA) is 52.3 Å². The number of ether oxygens (including phenoxy) is 1. The van der Waals surface area contributed by atoms with Crippen LogP contribution in [0.1, 0.15) is 6.92 Å². The van der Waals surface area contributed by atoms with E-state index in [1.165, 1.54) is 6.07 Å². The molecule has 3 heteroatoms. The predicted molar refractivity (Wildman–Crippen MR) is 48.3 cm³/mol. The fourth-order valence-corrected chi connectivity index (χ4v) is 0.868. The second kappa shape index (κ2) is 3.76. The first kappa shape index (κ1) is 8.59. The van der Waals surface area contributed by atoms with Crippen LogP contribution < -0.4 is 15.9 Å². The van der Waals surface area contributed by atoms with Crippen molar-refractivity contribution in [3.8, 4) is 5.75 Å². The number of hydrogen-bond acceptors (Lipinski definition) is 3. The van der Waals surface area contributed by atoms with Gasteiger partial charge in [0.25, 0.3) is 0 Å². The van der Waals surface area contributed by atoms with Crippen molar-refractivity contribution in [3.05, 3.63) is 34.5 Å². The van der Waals surface area contributed by atoms with Crippen LogP contribution in [0.15, 0.2) is 29.1 Å². The number of nitrogen functional groups attached to an aromatic ring is 1. The van der Waals surface area contributed by atoms with Crippen molar-refractivity contribution in [1.82, 2.24) is 0 Å². The molecule has 64 valence electrons. The van der Waals surface area contributed by atoms with Crippen LogP contribution in [-0.4, -0.2) is 6.61 Å². The van der Waals surface area contributed by atoms with Gasteiger partial charge in [-0.25, -0.2) is 0 Å². The Morgan fingerprint density at radius 3 is 2.75 bits per heavy atom. The van der Waals surface area contributed by atoms with Gasteiger partial charge < -0.3 is 10.5 Å². The van der Waals surface area contributed by atoms with Gasteiger partial charge >= 0.3 is 0 Å². The molecule has 0 atom stereocenters. The molecular weight excluding hydrogens is 154 g/mol. The molecule has 0 aliphatic rings. The van der Waals surface area contributed by atoms with Crippen LogP contribution in [0.2, 0.25) is 0 Å². The summed E-state index contributed by atoms with van der Waals surface area (Å²) in [7, 11) is 0. The van der Waals surface area contributed by atoms with Gasteiger partial charge in [-0.3, -0.25) is 4.79 Å². The Bertz CT molecular complexity index is 323. The predicted octanol–water partition coefficient (Wildman–Crippen LogP) is 1.03. The molecule has 3 nitrogen and oxygen atoms in total. The molecule has 0 saturated heterocycles. The highest BCUT2D eigenvalue weighted by atomic mass is 16.5. The van der Waals surface area contributed by atoms with Crippen molar-refractivity contribution >= 4 is 5.69 Å². The van der Waals surface area contributed by atoms with E-state index in [-0.39, 0.29) is 11.1 Å². The van der Waals surface area contributed by atoms with Crippen LogP contribution in [0.3, 0.4) is 0 Å². The third-order valence-electron chi connectivity index (χ3n) is 1.44. The van der Waals surface area contributed by atoms with Gasteiger partial charge in [0, 0.05) is 0 Å². The minimum atomic E-state index is -0.205. The summed E-state index contributed by atoms with van der Waals surface area (Å²) in [6, 6.07) is 6.46. The number of hydrogen-bond donors (Lipinski definition) is 1. The molecular formula is C9H11NO2. The number of rotatable bonds is 2. The number of anilines is 1. The maximum atomic E-state index is 11.1. The summed E-state index contributed by atoms with van der Waals surface area (Å²) in [6.45, 7) is 2.35. The van der Waals surface area contributed by atoms with Crippen LogP contribution in [0, 0.1) is 0 Å². The quantitative estimate of drug-likeness (QED) is 0.712. The number of nitrogens with two attached hydrogens (primary N) is 1. The van der Waals surface area contributed by atoms with Gasteiger partial charge in [0.05, 0.1) is 6.61 Å². The van der Waals surface area contributed by atoms with Crippen LogP contribution in [0.4, 0.5) is 5.69 Å². The van der Waals surface area contributed by atoms with Crippen molar-refractivity contribution in [3.63, 3.8) is 0 Å². The molecule has 0 spiro atoms. The summed E-state index contributed by atoms with van der Waals surface area (Å²) in [5.41, 5.74) is 5.47. The fraction of sp³-hybridized carbons (Fsp3) is 0.222. The highest BCUT2D eigenvalue weighted by Gasteiger charge is 1.99. The molecule has 0 radical (unpaired) electrons. The molecule has 2 N–H and O–H groups in total. The van der Waals surface area contributed by atoms with E-state index in [0.717, 1.165) is 0 Å². The van der Waals surface area contributed by atoms with Gasteiger partial charge in [0.2, 0.25) is 5.43 Å². The average molecular weight is 165 g/mol. The molecule has 0 aliphatic heterocycles. The third-order valence-corrected chi connectivity index (χ3v) is 1.44. The summed E-state index contributed by atoms with van der Waals surface area (Å²) in [6.07, 6.45) is 0. The van der Waals surface area contributed by atoms with Gasteiger partial charge in [-0.2, -0.15) is 0 Å². The zero-order chi connectivity index (χ0) is 8.97. The fourth-order valence-electron chi connectivity index (χ4n) is 0.868. The maximum absolute atomic E-state index is 11.1. The second-order valence-corrected chi connectivity index (χ2v) is 2.29. The first-order chi connectivity index (χ1) is 5.75. The Hall–Kier alpha value is -1.51. The highest BCUT2D eigenvalue weighted by Crippen LogP contribution is 2.14. The Balaban J connectivity index is 3.22. The lowest BCUT2D eigenvalue weighted by molar-refractivity contribution is 0.342. The summed E-state index contributed by atoms with van der Waals surface area (Å²) in [5, 5.41) is 0. The minimum Gasteiger partial charge on any atom is -0.492 e. The van der Waals surface area contributed by atoms with E-state index < -0.39 is 0 Å². The van der Waals surface area contributed by atoms with Gasteiger partial charge in [0.15, 0.2) is 0 Å². The van der Waals surface area contributed by atoms with E-state index >= 15 is 0 Å². The normalized spacial score (nSPS) is 9.42. The lowest BCUT2D eigenvalue weighted by atomic mass is 10.4. The van der Waals surface area contributed by atoms with Crippen molar-refractivity contribution in [2.24, 2.45) is 0 Å². The molecule has 0 heterocycles. The Morgan fingerprint density at radius 2 is 2.08 bits per heavy atom. The van der Waals surface area contributed by atoms with E-state index in [1.807, 2.05) is 6.92 Å². The molecule has 0 unspecified atom stereocenters. The SMILES string of the molecule is CCOc1ccccc(=O)c1N. The smallest absolute Gasteiger partial charge is 0.205 e. The first-order valence-corrected chi connectivity index (χ1v) is 3.77. The Morgan fingerprint density at radius 1 is 1.42 bits per heavy atom. The van der Waals surface area contributed by atoms with Crippen molar-refractivity contribution in [2.75, 3.05) is 12.3 Å². The Kier molecular flexibility index (Phi) is 2.69. The molecule has 0 amide bonds. The lowest BCUT2D eigenvalue weighted by Gasteiger charge is -2.00. The molecule has 0 aliphatic carbocycles. The standard InChI is InChI=1S/C9H11NO2/c1-2-12-8-6-4-3-5-7(11)9(8)10/h3-6H,2H2,1H3,(H2,10,11). The van der Waals surface area contributed by atoms with Gasteiger partial charge in [0.1, 0.15) is 11.4 Å². The molecule has 0 fully saturated rings. The molecule has 1 aromatic carbocycles. The van der Waals surface area contributed by atoms with E-state index in [9.17, 15) is 4.79 Å². The van der Waals surface area contributed by atoms with Crippen LogP contribution in [0.25, 0.3) is 0 Å². The molecule has 1 aromatic rings. The third kappa shape index (κ3) is 1.75. The van der Waals surface area contributed by atoms with Crippen LogP contribution in [-0.2, 0) is 0 Å². The molecule has 1 rings (SSSR count). The molecule has 0 bridgehead atoms. The summed E-state index contributed by atoms with van der Waals surface area (Å²) in [4.78, 5) is 11.1. The van der Waals surface area contributed by atoms with E-state index in [2.05, 4.69) is 0 Å². The minimum absolute atomic E-state index is 0.168. The zero-order valence-corrected chi connectivity index (χ0v) is 6.91. The zero-order valence-electron chi connectivity index (χ0n) is 6.91. The highest BCUT2D eigenvalue weighted by molar-refractivity contribution is 5.50.